The summed E-state index contributed by atoms with van der Waals surface area (Å²) in [4.78, 5) is 15.2. The van der Waals surface area contributed by atoms with Gasteiger partial charge in [0.1, 0.15) is 0 Å². The van der Waals surface area contributed by atoms with Gasteiger partial charge in [-0.2, -0.15) is 0 Å². The molecule has 1 rings (SSSR count). The van der Waals surface area contributed by atoms with E-state index in [2.05, 4.69) is 4.98 Å². The third-order valence-corrected chi connectivity index (χ3v) is 1.96. The molecule has 0 aliphatic rings. The number of hydrogen-bond donors (Lipinski definition) is 1. The number of nitrogens with one attached hydrogen (secondary N) is 1. The Labute approximate surface area is 90.5 Å². The smallest absolute Gasteiger partial charge is 0.255 e. The summed E-state index contributed by atoms with van der Waals surface area (Å²) in [6.45, 7) is 1.02. The summed E-state index contributed by atoms with van der Waals surface area (Å²) in [6, 6.07) is 1.50. The van der Waals surface area contributed by atoms with Crippen molar-refractivity contribution >= 4 is 17.5 Å². The lowest BCUT2D eigenvalue weighted by Crippen LogP contribution is -2.28. The van der Waals surface area contributed by atoms with Gasteiger partial charge in [0.2, 0.25) is 0 Å². The minimum absolute atomic E-state index is 0.0999. The van der Waals surface area contributed by atoms with Crippen LogP contribution in [-0.2, 0) is 0 Å². The van der Waals surface area contributed by atoms with E-state index in [0.717, 1.165) is 0 Å². The number of hydrogen-bond acceptors (Lipinski definition) is 2. The van der Waals surface area contributed by atoms with Gasteiger partial charge in [-0.25, -0.2) is 8.78 Å². The Kier molecular flexibility index (Phi) is 3.96. The van der Waals surface area contributed by atoms with Gasteiger partial charge in [-0.05, 0) is 13.0 Å². The zero-order valence-electron chi connectivity index (χ0n) is 7.93. The summed E-state index contributed by atoms with van der Waals surface area (Å²) in [5, 5.41) is 2.25. The first-order chi connectivity index (χ1) is 7.00. The van der Waals surface area contributed by atoms with Crippen LogP contribution in [0, 0.1) is 6.92 Å². The average molecular weight is 235 g/mol. The molecule has 0 saturated carbocycles. The Balaban J connectivity index is 2.74. The monoisotopic (exact) mass is 234 g/mol. The van der Waals surface area contributed by atoms with Crippen LogP contribution in [0.1, 0.15) is 16.1 Å². The second-order valence-electron chi connectivity index (χ2n) is 2.91. The van der Waals surface area contributed by atoms with Gasteiger partial charge in [-0.1, -0.05) is 11.6 Å². The second kappa shape index (κ2) is 5.02. The largest absolute Gasteiger partial charge is 0.346 e. The molecule has 1 amide bonds. The molecule has 0 bridgehead atoms. The molecule has 0 spiro atoms. The van der Waals surface area contributed by atoms with Crippen LogP contribution in [-0.4, -0.2) is 23.9 Å². The normalized spacial score (nSPS) is 10.5. The highest BCUT2D eigenvalue weighted by molar-refractivity contribution is 6.33. The maximum atomic E-state index is 11.8. The van der Waals surface area contributed by atoms with Crippen molar-refractivity contribution in [2.24, 2.45) is 0 Å². The third kappa shape index (κ3) is 3.43. The number of nitrogens with zero attached hydrogens (tertiary/aromatic N) is 1. The van der Waals surface area contributed by atoms with E-state index in [1.165, 1.54) is 12.3 Å². The summed E-state index contributed by atoms with van der Waals surface area (Å²) in [7, 11) is 0. The highest BCUT2D eigenvalue weighted by Gasteiger charge is 2.12. The molecule has 0 unspecified atom stereocenters. The number of rotatable bonds is 3. The van der Waals surface area contributed by atoms with Gasteiger partial charge < -0.3 is 5.32 Å². The van der Waals surface area contributed by atoms with Crippen LogP contribution in [0.3, 0.4) is 0 Å². The van der Waals surface area contributed by atoms with Gasteiger partial charge in [0.15, 0.2) is 0 Å². The van der Waals surface area contributed by atoms with Crippen molar-refractivity contribution in [3.63, 3.8) is 0 Å². The lowest BCUT2D eigenvalue weighted by Gasteiger charge is -2.05. The molecule has 1 aromatic rings. The molecule has 0 aromatic carbocycles. The van der Waals surface area contributed by atoms with E-state index < -0.39 is 18.9 Å². The molecule has 0 saturated heterocycles. The molecule has 1 aromatic heterocycles. The summed E-state index contributed by atoms with van der Waals surface area (Å²) >= 11 is 5.75. The van der Waals surface area contributed by atoms with Crippen LogP contribution < -0.4 is 5.32 Å². The molecule has 1 N–H and O–H groups in total. The first-order valence-electron chi connectivity index (χ1n) is 4.19. The fourth-order valence-electron chi connectivity index (χ4n) is 0.959. The van der Waals surface area contributed by atoms with E-state index in [4.69, 9.17) is 11.6 Å². The second-order valence-corrected chi connectivity index (χ2v) is 3.31. The number of alkyl halides is 2. The predicted molar refractivity (Wildman–Crippen MR) is 52.3 cm³/mol. The lowest BCUT2D eigenvalue weighted by molar-refractivity contribution is 0.0891. The number of amides is 1. The number of aryl methyl sites for hydroxylation is 1. The summed E-state index contributed by atoms with van der Waals surface area (Å²) in [6.07, 6.45) is -1.32. The topological polar surface area (TPSA) is 42.0 Å². The fraction of sp³-hybridized carbons (Fsp3) is 0.333. The average Bonchev–Trinajstić information content (AvgIpc) is 2.14. The van der Waals surface area contributed by atoms with Crippen molar-refractivity contribution in [1.82, 2.24) is 10.3 Å². The van der Waals surface area contributed by atoms with Gasteiger partial charge >= 0.3 is 0 Å². The maximum Gasteiger partial charge on any atom is 0.255 e. The molecular formula is C9H9ClF2N2O. The van der Waals surface area contributed by atoms with E-state index >= 15 is 0 Å². The molecule has 3 nitrogen and oxygen atoms in total. The maximum absolute atomic E-state index is 11.8. The van der Waals surface area contributed by atoms with Crippen molar-refractivity contribution < 1.29 is 13.6 Å². The number of halogens is 3. The molecule has 0 aliphatic carbocycles. The number of aromatic nitrogens is 1. The molecular weight excluding hydrogens is 226 g/mol. The molecule has 1 heterocycles. The molecule has 0 aliphatic heterocycles. The van der Waals surface area contributed by atoms with Crippen molar-refractivity contribution in [3.05, 3.63) is 28.5 Å². The predicted octanol–water partition coefficient (Wildman–Crippen LogP) is 2.04. The van der Waals surface area contributed by atoms with E-state index in [1.807, 2.05) is 5.32 Å². The Hall–Kier alpha value is -1.23. The van der Waals surface area contributed by atoms with Crippen LogP contribution >= 0.6 is 11.6 Å². The Morgan fingerprint density at radius 2 is 2.33 bits per heavy atom. The van der Waals surface area contributed by atoms with E-state index in [-0.39, 0.29) is 10.6 Å². The van der Waals surface area contributed by atoms with Crippen LogP contribution in [0.4, 0.5) is 8.78 Å². The molecule has 15 heavy (non-hydrogen) atoms. The third-order valence-electron chi connectivity index (χ3n) is 1.65. The van der Waals surface area contributed by atoms with Crippen molar-refractivity contribution in [3.8, 4) is 0 Å². The first-order valence-corrected chi connectivity index (χ1v) is 4.57. The molecule has 6 heteroatoms. The molecule has 82 valence electrons. The minimum Gasteiger partial charge on any atom is -0.346 e. The Morgan fingerprint density at radius 1 is 1.67 bits per heavy atom. The van der Waals surface area contributed by atoms with Gasteiger partial charge in [0.25, 0.3) is 12.3 Å². The van der Waals surface area contributed by atoms with Crippen LogP contribution in [0.25, 0.3) is 0 Å². The zero-order valence-corrected chi connectivity index (χ0v) is 8.68. The summed E-state index contributed by atoms with van der Waals surface area (Å²) in [5.41, 5.74) is 0.758. The van der Waals surface area contributed by atoms with Gasteiger partial charge in [0, 0.05) is 11.9 Å². The summed E-state index contributed by atoms with van der Waals surface area (Å²) < 4.78 is 23.6. The van der Waals surface area contributed by atoms with Gasteiger partial charge in [0.05, 0.1) is 17.1 Å². The lowest BCUT2D eigenvalue weighted by atomic mass is 10.2. The Bertz CT molecular complexity index is 371. The quantitative estimate of drug-likeness (QED) is 0.870. The SMILES string of the molecule is Cc1cc(Cl)c(C(=O)NCC(F)F)cn1. The van der Waals surface area contributed by atoms with Crippen LogP contribution in [0.15, 0.2) is 12.3 Å². The van der Waals surface area contributed by atoms with Crippen LogP contribution in [0.5, 0.6) is 0 Å². The fourth-order valence-corrected chi connectivity index (χ4v) is 1.25. The van der Waals surface area contributed by atoms with Crippen molar-refractivity contribution in [2.45, 2.75) is 13.3 Å². The Morgan fingerprint density at radius 3 is 2.87 bits per heavy atom. The zero-order chi connectivity index (χ0) is 11.4. The number of carbonyl (C=O) groups excluding carboxylic acids is 1. The van der Waals surface area contributed by atoms with E-state index in [1.54, 1.807) is 6.92 Å². The highest BCUT2D eigenvalue weighted by Crippen LogP contribution is 2.15. The molecule has 0 fully saturated rings. The van der Waals surface area contributed by atoms with Crippen molar-refractivity contribution in [2.75, 3.05) is 6.54 Å². The molecule has 0 radical (unpaired) electrons. The number of pyridine rings is 1. The summed E-state index contributed by atoms with van der Waals surface area (Å²) in [5.74, 6) is -0.646. The van der Waals surface area contributed by atoms with Gasteiger partial charge in [-0.3, -0.25) is 9.78 Å². The minimum atomic E-state index is -2.58. The number of carbonyl (C=O) groups is 1. The van der Waals surface area contributed by atoms with Gasteiger partial charge in [-0.15, -0.1) is 0 Å². The first kappa shape index (κ1) is 11.8. The van der Waals surface area contributed by atoms with Crippen molar-refractivity contribution in [1.29, 1.82) is 0 Å². The van der Waals surface area contributed by atoms with E-state index in [0.29, 0.717) is 5.69 Å². The molecule has 0 atom stereocenters. The standard InChI is InChI=1S/C9H9ClF2N2O/c1-5-2-7(10)6(3-13-5)9(15)14-4-8(11)12/h2-3,8H,4H2,1H3,(H,14,15). The van der Waals surface area contributed by atoms with E-state index in [9.17, 15) is 13.6 Å². The van der Waals surface area contributed by atoms with Crippen LogP contribution in [0.2, 0.25) is 5.02 Å². The highest BCUT2D eigenvalue weighted by atomic mass is 35.5.